The summed E-state index contributed by atoms with van der Waals surface area (Å²) < 4.78 is 14.1. The van der Waals surface area contributed by atoms with Crippen LogP contribution in [0.4, 0.5) is 4.39 Å². The predicted molar refractivity (Wildman–Crippen MR) is 112 cm³/mol. The average molecular weight is 420 g/mol. The van der Waals surface area contributed by atoms with Crippen molar-refractivity contribution in [2.45, 2.75) is 0 Å². The highest BCUT2D eigenvalue weighted by Crippen LogP contribution is 2.24. The molecule has 0 saturated heterocycles. The number of carbonyl (C=O) groups excluding carboxylic acids is 3. The van der Waals surface area contributed by atoms with Crippen molar-refractivity contribution in [1.82, 2.24) is 4.90 Å². The van der Waals surface area contributed by atoms with Crippen LogP contribution in [0.25, 0.3) is 6.08 Å². The Balaban J connectivity index is 1.60. The number of carbonyl (C=O) groups is 3. The molecule has 0 unspecified atom stereocenters. The first kappa shape index (κ1) is 19.7. The molecule has 0 radical (unpaired) electrons. The van der Waals surface area contributed by atoms with Gasteiger partial charge in [0.2, 0.25) is 0 Å². The van der Waals surface area contributed by atoms with Crippen molar-refractivity contribution >= 4 is 35.3 Å². The van der Waals surface area contributed by atoms with Crippen LogP contribution in [0.1, 0.15) is 42.2 Å². The Kier molecular flexibility index (Phi) is 5.29. The van der Waals surface area contributed by atoms with E-state index in [-0.39, 0.29) is 29.5 Å². The van der Waals surface area contributed by atoms with E-state index in [1.54, 1.807) is 54.6 Å². The molecule has 0 atom stereocenters. The third-order valence-corrected chi connectivity index (χ3v) is 5.08. The maximum atomic E-state index is 14.1. The van der Waals surface area contributed by atoms with Gasteiger partial charge in [-0.1, -0.05) is 54.1 Å². The van der Waals surface area contributed by atoms with Gasteiger partial charge in [-0.2, -0.15) is 0 Å². The largest absolute Gasteiger partial charge is 0.288 e. The van der Waals surface area contributed by atoms with Crippen molar-refractivity contribution < 1.29 is 18.8 Å². The lowest BCUT2D eigenvalue weighted by molar-refractivity contribution is 0.0672. The zero-order valence-electron chi connectivity index (χ0n) is 15.6. The predicted octanol–water partition coefficient (Wildman–Crippen LogP) is 5.02. The average Bonchev–Trinajstić information content (AvgIpc) is 2.99. The standard InChI is InChI=1S/C24H15ClFNO3/c25-16-12-11-15(20(14-16)22(28)19-9-3-4-10-21(19)26)6-5-13-27-23(29)17-7-1-2-8-18(17)24(27)30/h1-12,14H,13H2/b6-5-. The zero-order chi connectivity index (χ0) is 21.3. The normalized spacial score (nSPS) is 13.2. The Morgan fingerprint density at radius 3 is 2.20 bits per heavy atom. The third kappa shape index (κ3) is 3.55. The summed E-state index contributed by atoms with van der Waals surface area (Å²) in [6.45, 7) is 0.0440. The molecule has 0 aromatic heterocycles. The van der Waals surface area contributed by atoms with Crippen LogP contribution in [-0.2, 0) is 0 Å². The second-order valence-electron chi connectivity index (χ2n) is 6.71. The smallest absolute Gasteiger partial charge is 0.261 e. The fourth-order valence-electron chi connectivity index (χ4n) is 3.35. The summed E-state index contributed by atoms with van der Waals surface area (Å²) in [6, 6.07) is 17.1. The first-order valence-electron chi connectivity index (χ1n) is 9.18. The second-order valence-corrected chi connectivity index (χ2v) is 7.15. The van der Waals surface area contributed by atoms with Crippen LogP contribution in [0.2, 0.25) is 5.02 Å². The second kappa shape index (κ2) is 8.05. The van der Waals surface area contributed by atoms with Gasteiger partial charge < -0.3 is 0 Å². The van der Waals surface area contributed by atoms with Crippen LogP contribution in [0.3, 0.4) is 0 Å². The molecule has 30 heavy (non-hydrogen) atoms. The number of amides is 2. The molecule has 1 heterocycles. The van der Waals surface area contributed by atoms with Crippen LogP contribution in [0, 0.1) is 5.82 Å². The number of benzene rings is 3. The Morgan fingerprint density at radius 2 is 1.53 bits per heavy atom. The Morgan fingerprint density at radius 1 is 0.900 bits per heavy atom. The van der Waals surface area contributed by atoms with Gasteiger partial charge >= 0.3 is 0 Å². The minimum atomic E-state index is -0.622. The molecule has 3 aromatic rings. The van der Waals surface area contributed by atoms with E-state index in [9.17, 15) is 18.8 Å². The molecule has 0 saturated carbocycles. The lowest BCUT2D eigenvalue weighted by Crippen LogP contribution is -2.29. The molecular weight excluding hydrogens is 405 g/mol. The molecule has 0 bridgehead atoms. The van der Waals surface area contributed by atoms with E-state index in [4.69, 9.17) is 11.6 Å². The molecule has 148 valence electrons. The van der Waals surface area contributed by atoms with Crippen LogP contribution >= 0.6 is 11.6 Å². The Bertz CT molecular complexity index is 1180. The van der Waals surface area contributed by atoms with E-state index in [1.807, 2.05) is 0 Å². The summed E-state index contributed by atoms with van der Waals surface area (Å²) in [7, 11) is 0. The van der Waals surface area contributed by atoms with Crippen molar-refractivity contribution in [1.29, 1.82) is 0 Å². The van der Waals surface area contributed by atoms with Crippen LogP contribution in [-0.4, -0.2) is 29.0 Å². The highest BCUT2D eigenvalue weighted by atomic mass is 35.5. The van der Waals surface area contributed by atoms with Crippen molar-refractivity contribution in [2.24, 2.45) is 0 Å². The van der Waals surface area contributed by atoms with Gasteiger partial charge in [-0.15, -0.1) is 0 Å². The van der Waals surface area contributed by atoms with E-state index >= 15 is 0 Å². The maximum absolute atomic E-state index is 14.1. The van der Waals surface area contributed by atoms with Gasteiger partial charge in [0.05, 0.1) is 16.7 Å². The van der Waals surface area contributed by atoms with Gasteiger partial charge in [0.1, 0.15) is 5.82 Å². The SMILES string of the molecule is O=C(c1ccccc1F)c1cc(Cl)ccc1/C=C\CN1C(=O)c2ccccc2C1=O. The summed E-state index contributed by atoms with van der Waals surface area (Å²) >= 11 is 6.05. The molecule has 2 amide bonds. The van der Waals surface area contributed by atoms with E-state index < -0.39 is 11.6 Å². The summed E-state index contributed by atoms with van der Waals surface area (Å²) in [5.41, 5.74) is 1.42. The molecule has 4 nitrogen and oxygen atoms in total. The quantitative estimate of drug-likeness (QED) is 0.431. The molecule has 6 heteroatoms. The molecule has 1 aliphatic heterocycles. The fourth-order valence-corrected chi connectivity index (χ4v) is 3.52. The molecule has 0 aliphatic carbocycles. The van der Waals surface area contributed by atoms with Gasteiger partial charge in [-0.25, -0.2) is 4.39 Å². The highest BCUT2D eigenvalue weighted by molar-refractivity contribution is 6.31. The number of fused-ring (bicyclic) bond motifs is 1. The molecule has 4 rings (SSSR count). The number of rotatable bonds is 5. The highest BCUT2D eigenvalue weighted by Gasteiger charge is 2.34. The number of halogens is 2. The lowest BCUT2D eigenvalue weighted by atomic mass is 9.97. The van der Waals surface area contributed by atoms with Gasteiger partial charge in [0.15, 0.2) is 5.78 Å². The molecule has 3 aromatic carbocycles. The topological polar surface area (TPSA) is 54.5 Å². The van der Waals surface area contributed by atoms with Crippen LogP contribution in [0.15, 0.2) is 72.8 Å². The monoisotopic (exact) mass is 419 g/mol. The van der Waals surface area contributed by atoms with Gasteiger partial charge in [-0.05, 0) is 42.0 Å². The third-order valence-electron chi connectivity index (χ3n) is 4.84. The van der Waals surface area contributed by atoms with E-state index in [0.29, 0.717) is 21.7 Å². The lowest BCUT2D eigenvalue weighted by Gasteiger charge is -2.11. The Labute approximate surface area is 177 Å². The van der Waals surface area contributed by atoms with E-state index in [2.05, 4.69) is 0 Å². The van der Waals surface area contributed by atoms with E-state index in [1.165, 1.54) is 24.3 Å². The molecule has 0 fully saturated rings. The zero-order valence-corrected chi connectivity index (χ0v) is 16.4. The van der Waals surface area contributed by atoms with Gasteiger partial charge in [-0.3, -0.25) is 19.3 Å². The van der Waals surface area contributed by atoms with Crippen LogP contribution in [0.5, 0.6) is 0 Å². The number of imide groups is 1. The first-order chi connectivity index (χ1) is 14.5. The van der Waals surface area contributed by atoms with Crippen molar-refractivity contribution in [3.05, 3.63) is 111 Å². The summed E-state index contributed by atoms with van der Waals surface area (Å²) in [4.78, 5) is 38.9. The molecule has 0 N–H and O–H groups in total. The number of ketones is 1. The molecular formula is C24H15ClFNO3. The van der Waals surface area contributed by atoms with Gasteiger partial charge in [0.25, 0.3) is 11.8 Å². The first-order valence-corrected chi connectivity index (χ1v) is 9.55. The number of nitrogens with zero attached hydrogens (tertiary/aromatic N) is 1. The minimum Gasteiger partial charge on any atom is -0.288 e. The molecule has 0 spiro atoms. The van der Waals surface area contributed by atoms with Crippen molar-refractivity contribution in [3.63, 3.8) is 0 Å². The molecule has 1 aliphatic rings. The maximum Gasteiger partial charge on any atom is 0.261 e. The number of hydrogen-bond donors (Lipinski definition) is 0. The van der Waals surface area contributed by atoms with Crippen LogP contribution < -0.4 is 0 Å². The summed E-state index contributed by atoms with van der Waals surface area (Å²) in [5, 5.41) is 0.340. The van der Waals surface area contributed by atoms with Crippen molar-refractivity contribution in [2.75, 3.05) is 6.54 Å². The summed E-state index contributed by atoms with van der Waals surface area (Å²) in [5.74, 6) is -1.85. The minimum absolute atomic E-state index is 0.0440. The number of hydrogen-bond acceptors (Lipinski definition) is 3. The summed E-state index contributed by atoms with van der Waals surface area (Å²) in [6.07, 6.45) is 3.23. The van der Waals surface area contributed by atoms with Gasteiger partial charge in [0, 0.05) is 17.1 Å². The Hall–Kier alpha value is -3.57. The van der Waals surface area contributed by atoms with E-state index in [0.717, 1.165) is 4.90 Å². The fraction of sp³-hybridized carbons (Fsp3) is 0.0417. The van der Waals surface area contributed by atoms with Crippen molar-refractivity contribution in [3.8, 4) is 0 Å².